The van der Waals surface area contributed by atoms with Crippen molar-refractivity contribution in [2.75, 3.05) is 5.75 Å². The molecular formula is C24H25NO2S. The topological polar surface area (TPSA) is 63.3 Å². The Morgan fingerprint density at radius 3 is 2.04 bits per heavy atom. The van der Waals surface area contributed by atoms with E-state index >= 15 is 0 Å². The van der Waals surface area contributed by atoms with Crippen molar-refractivity contribution in [1.29, 1.82) is 0 Å². The van der Waals surface area contributed by atoms with Gasteiger partial charge in [-0.1, -0.05) is 90.5 Å². The molecule has 3 rings (SSSR count). The molecule has 0 spiro atoms. The van der Waals surface area contributed by atoms with Gasteiger partial charge in [-0.05, 0) is 30.0 Å². The van der Waals surface area contributed by atoms with Gasteiger partial charge in [-0.3, -0.25) is 4.79 Å². The molecule has 2 atom stereocenters. The van der Waals surface area contributed by atoms with Gasteiger partial charge in [0.1, 0.15) is 6.04 Å². The van der Waals surface area contributed by atoms with Crippen LogP contribution in [0.15, 0.2) is 84.9 Å². The Balaban J connectivity index is 2.12. The maximum Gasteiger partial charge on any atom is 0.321 e. The Morgan fingerprint density at radius 1 is 0.929 bits per heavy atom. The van der Waals surface area contributed by atoms with Gasteiger partial charge in [0.05, 0.1) is 4.75 Å². The Morgan fingerprint density at radius 2 is 1.46 bits per heavy atom. The number of aliphatic carboxylic acids is 1. The van der Waals surface area contributed by atoms with Crippen molar-refractivity contribution >= 4 is 17.7 Å². The predicted molar refractivity (Wildman–Crippen MR) is 117 cm³/mol. The first-order valence-corrected chi connectivity index (χ1v) is 10.3. The van der Waals surface area contributed by atoms with E-state index in [-0.39, 0.29) is 0 Å². The number of hydrogen-bond donors (Lipinski definition) is 2. The van der Waals surface area contributed by atoms with Gasteiger partial charge < -0.3 is 10.8 Å². The summed E-state index contributed by atoms with van der Waals surface area (Å²) in [5.74, 6) is -0.650. The summed E-state index contributed by atoms with van der Waals surface area (Å²) in [7, 11) is 0. The summed E-state index contributed by atoms with van der Waals surface area (Å²) in [5.41, 5.74) is 10.6. The summed E-state index contributed by atoms with van der Waals surface area (Å²) in [6.07, 6.45) is 0.748. The molecule has 0 radical (unpaired) electrons. The van der Waals surface area contributed by atoms with Gasteiger partial charge in [0.2, 0.25) is 0 Å². The average Bonchev–Trinajstić information content (AvgIpc) is 2.73. The summed E-state index contributed by atoms with van der Waals surface area (Å²) < 4.78 is -0.427. The van der Waals surface area contributed by atoms with Crippen LogP contribution in [-0.4, -0.2) is 22.9 Å². The number of thioether (sulfide) groups is 1. The average molecular weight is 392 g/mol. The smallest absolute Gasteiger partial charge is 0.321 e. The van der Waals surface area contributed by atoms with Gasteiger partial charge in [0.25, 0.3) is 0 Å². The standard InChI is InChI=1S/C24H25NO2S/c1-18-12-14-21(15-13-18)24(20-10-6-3-7-11-20,28-17-22(25)23(26)27)16-19-8-4-2-5-9-19/h2-15,22H,16-17,25H2,1H3,(H,26,27)/t22-,24?/m0/s1. The minimum atomic E-state index is -0.974. The van der Waals surface area contributed by atoms with Gasteiger partial charge in [-0.25, -0.2) is 0 Å². The molecule has 0 aliphatic rings. The summed E-state index contributed by atoms with van der Waals surface area (Å²) >= 11 is 1.61. The fourth-order valence-electron chi connectivity index (χ4n) is 3.31. The van der Waals surface area contributed by atoms with Gasteiger partial charge in [0, 0.05) is 5.75 Å². The van der Waals surface area contributed by atoms with E-state index in [0.717, 1.165) is 17.5 Å². The van der Waals surface area contributed by atoms with Gasteiger partial charge in [0.15, 0.2) is 0 Å². The van der Waals surface area contributed by atoms with Crippen LogP contribution in [0.2, 0.25) is 0 Å². The molecule has 3 nitrogen and oxygen atoms in total. The van der Waals surface area contributed by atoms with Crippen LogP contribution < -0.4 is 5.73 Å². The van der Waals surface area contributed by atoms with E-state index in [9.17, 15) is 9.90 Å². The molecule has 0 fully saturated rings. The Bertz CT molecular complexity index is 897. The lowest BCUT2D eigenvalue weighted by Crippen LogP contribution is -2.36. The minimum absolute atomic E-state index is 0.324. The zero-order valence-corrected chi connectivity index (χ0v) is 16.7. The third kappa shape index (κ3) is 4.64. The van der Waals surface area contributed by atoms with E-state index < -0.39 is 16.8 Å². The van der Waals surface area contributed by atoms with Crippen LogP contribution in [0.25, 0.3) is 0 Å². The molecule has 144 valence electrons. The highest BCUT2D eigenvalue weighted by Crippen LogP contribution is 2.46. The summed E-state index contributed by atoms with van der Waals surface area (Å²) in [6, 6.07) is 28.2. The van der Waals surface area contributed by atoms with Crippen molar-refractivity contribution in [3.8, 4) is 0 Å². The highest BCUT2D eigenvalue weighted by atomic mass is 32.2. The number of hydrogen-bond acceptors (Lipinski definition) is 3. The maximum atomic E-state index is 11.4. The summed E-state index contributed by atoms with van der Waals surface area (Å²) in [6.45, 7) is 2.07. The molecule has 3 N–H and O–H groups in total. The second-order valence-electron chi connectivity index (χ2n) is 6.98. The molecule has 0 bridgehead atoms. The van der Waals surface area contributed by atoms with Crippen molar-refractivity contribution in [3.63, 3.8) is 0 Å². The third-order valence-corrected chi connectivity index (χ3v) is 6.51. The summed E-state index contributed by atoms with van der Waals surface area (Å²) in [4.78, 5) is 11.4. The largest absolute Gasteiger partial charge is 0.480 e. The Labute approximate surface area is 170 Å². The molecule has 3 aromatic rings. The van der Waals surface area contributed by atoms with E-state index in [2.05, 4.69) is 55.5 Å². The number of carbonyl (C=O) groups is 1. The SMILES string of the molecule is Cc1ccc(C(Cc2ccccc2)(SC[C@H](N)C(=O)O)c2ccccc2)cc1. The molecule has 0 aliphatic heterocycles. The molecule has 0 aliphatic carbocycles. The van der Waals surface area contributed by atoms with Crippen molar-refractivity contribution in [2.45, 2.75) is 24.1 Å². The first-order valence-electron chi connectivity index (χ1n) is 9.30. The normalized spacial score (nSPS) is 14.2. The molecule has 0 saturated carbocycles. The predicted octanol–water partition coefficient (Wildman–Crippen LogP) is 4.63. The van der Waals surface area contributed by atoms with Crippen LogP contribution in [-0.2, 0) is 16.0 Å². The lowest BCUT2D eigenvalue weighted by atomic mass is 9.84. The molecule has 0 heterocycles. The number of carboxylic acid groups (broad SMARTS) is 1. The first-order chi connectivity index (χ1) is 13.5. The first kappa shape index (κ1) is 20.2. The monoisotopic (exact) mass is 391 g/mol. The van der Waals surface area contributed by atoms with Crippen LogP contribution in [0.5, 0.6) is 0 Å². The fourth-order valence-corrected chi connectivity index (χ4v) is 4.79. The third-order valence-electron chi connectivity index (χ3n) is 4.88. The van der Waals surface area contributed by atoms with Crippen molar-refractivity contribution < 1.29 is 9.90 Å². The van der Waals surface area contributed by atoms with E-state index in [1.807, 2.05) is 36.4 Å². The van der Waals surface area contributed by atoms with Crippen molar-refractivity contribution in [3.05, 3.63) is 107 Å². The zero-order valence-electron chi connectivity index (χ0n) is 15.9. The molecule has 0 saturated heterocycles. The van der Waals surface area contributed by atoms with Gasteiger partial charge in [-0.2, -0.15) is 0 Å². The van der Waals surface area contributed by atoms with Crippen molar-refractivity contribution in [2.24, 2.45) is 5.73 Å². The number of nitrogens with two attached hydrogens (primary N) is 1. The molecular weight excluding hydrogens is 366 g/mol. The van der Waals surface area contributed by atoms with Crippen LogP contribution in [0.3, 0.4) is 0 Å². The highest BCUT2D eigenvalue weighted by Gasteiger charge is 2.36. The number of rotatable bonds is 8. The van der Waals surface area contributed by atoms with E-state index in [1.165, 1.54) is 11.1 Å². The van der Waals surface area contributed by atoms with Crippen LogP contribution in [0.1, 0.15) is 22.3 Å². The molecule has 1 unspecified atom stereocenters. The molecule has 28 heavy (non-hydrogen) atoms. The number of aryl methyl sites for hydroxylation is 1. The van der Waals surface area contributed by atoms with E-state index in [0.29, 0.717) is 5.75 Å². The summed E-state index contributed by atoms with van der Waals surface area (Å²) in [5, 5.41) is 9.31. The zero-order chi connectivity index (χ0) is 20.0. The Kier molecular flexibility index (Phi) is 6.55. The Hall–Kier alpha value is -2.56. The number of carboxylic acids is 1. The second-order valence-corrected chi connectivity index (χ2v) is 8.30. The maximum absolute atomic E-state index is 11.4. The van der Waals surface area contributed by atoms with E-state index in [4.69, 9.17) is 5.73 Å². The lowest BCUT2D eigenvalue weighted by molar-refractivity contribution is -0.137. The molecule has 0 amide bonds. The number of benzene rings is 3. The van der Waals surface area contributed by atoms with Crippen LogP contribution in [0, 0.1) is 6.92 Å². The van der Waals surface area contributed by atoms with E-state index in [1.54, 1.807) is 11.8 Å². The molecule has 0 aromatic heterocycles. The van der Waals surface area contributed by atoms with Crippen molar-refractivity contribution in [1.82, 2.24) is 0 Å². The lowest BCUT2D eigenvalue weighted by Gasteiger charge is -2.35. The highest BCUT2D eigenvalue weighted by molar-refractivity contribution is 8.00. The van der Waals surface area contributed by atoms with Gasteiger partial charge in [-0.15, -0.1) is 11.8 Å². The molecule has 4 heteroatoms. The quantitative estimate of drug-likeness (QED) is 0.588. The minimum Gasteiger partial charge on any atom is -0.480 e. The van der Waals surface area contributed by atoms with Crippen LogP contribution >= 0.6 is 11.8 Å². The fraction of sp³-hybridized carbons (Fsp3) is 0.208. The van der Waals surface area contributed by atoms with Gasteiger partial charge >= 0.3 is 5.97 Å². The second kappa shape index (κ2) is 9.09. The molecule has 3 aromatic carbocycles. The van der Waals surface area contributed by atoms with Crippen LogP contribution in [0.4, 0.5) is 0 Å².